The van der Waals surface area contributed by atoms with Crippen LogP contribution in [0, 0.1) is 5.92 Å². The zero-order valence-corrected chi connectivity index (χ0v) is 12.3. The number of likely N-dealkylation sites (tertiary alicyclic amines) is 1. The molecule has 1 unspecified atom stereocenters. The third-order valence-corrected chi connectivity index (χ3v) is 3.72. The van der Waals surface area contributed by atoms with Crippen molar-refractivity contribution in [2.24, 2.45) is 11.7 Å². The van der Waals surface area contributed by atoms with E-state index in [1.165, 1.54) is 23.1 Å². The number of amides is 2. The van der Waals surface area contributed by atoms with Crippen molar-refractivity contribution in [1.29, 1.82) is 0 Å². The van der Waals surface area contributed by atoms with Crippen LogP contribution >= 0.6 is 0 Å². The Morgan fingerprint density at radius 3 is 2.65 bits per heavy atom. The fourth-order valence-corrected chi connectivity index (χ4v) is 2.49. The van der Waals surface area contributed by atoms with Gasteiger partial charge in [0.15, 0.2) is 6.61 Å². The normalized spacial score (nSPS) is 18.6. The number of hydrogen-bond acceptors (Lipinski definition) is 3. The molecule has 8 heteroatoms. The monoisotopic (exact) mass is 330 g/mol. The molecule has 0 bridgehead atoms. The number of rotatable bonds is 4. The second-order valence-electron chi connectivity index (χ2n) is 5.36. The van der Waals surface area contributed by atoms with Gasteiger partial charge in [0.25, 0.3) is 5.91 Å². The van der Waals surface area contributed by atoms with Crippen LogP contribution in [0.3, 0.4) is 0 Å². The summed E-state index contributed by atoms with van der Waals surface area (Å²) >= 11 is 0. The minimum atomic E-state index is -4.55. The van der Waals surface area contributed by atoms with E-state index < -0.39 is 41.8 Å². The fourth-order valence-electron chi connectivity index (χ4n) is 2.49. The molecule has 0 aromatic heterocycles. The molecule has 1 atom stereocenters. The van der Waals surface area contributed by atoms with Gasteiger partial charge in [-0.25, -0.2) is 0 Å². The molecule has 5 nitrogen and oxygen atoms in total. The van der Waals surface area contributed by atoms with E-state index in [1.54, 1.807) is 0 Å². The number of alkyl halides is 3. The number of primary amides is 1. The van der Waals surface area contributed by atoms with E-state index in [2.05, 4.69) is 0 Å². The van der Waals surface area contributed by atoms with E-state index in [0.717, 1.165) is 6.07 Å². The summed E-state index contributed by atoms with van der Waals surface area (Å²) in [6.07, 6.45) is -3.32. The molecule has 2 amide bonds. The molecule has 1 saturated heterocycles. The van der Waals surface area contributed by atoms with Gasteiger partial charge in [-0.05, 0) is 25.0 Å². The Balaban J connectivity index is 1.99. The predicted molar refractivity (Wildman–Crippen MR) is 75.4 cm³/mol. The first-order valence-corrected chi connectivity index (χ1v) is 7.15. The minimum absolute atomic E-state index is 0.179. The van der Waals surface area contributed by atoms with Crippen molar-refractivity contribution in [2.45, 2.75) is 19.0 Å². The predicted octanol–water partition coefficient (Wildman–Crippen LogP) is 1.81. The quantitative estimate of drug-likeness (QED) is 0.915. The van der Waals surface area contributed by atoms with Crippen LogP contribution in [-0.2, 0) is 15.8 Å². The van der Waals surface area contributed by atoms with Crippen LogP contribution in [-0.4, -0.2) is 36.4 Å². The third kappa shape index (κ3) is 4.37. The van der Waals surface area contributed by atoms with Gasteiger partial charge < -0.3 is 15.4 Å². The SMILES string of the molecule is NC(=O)C1CCCN(C(=O)COc2ccccc2C(F)(F)F)C1. The Labute approximate surface area is 131 Å². The van der Waals surface area contributed by atoms with E-state index in [-0.39, 0.29) is 6.54 Å². The lowest BCUT2D eigenvalue weighted by atomic mass is 9.97. The molecule has 0 spiro atoms. The van der Waals surface area contributed by atoms with Crippen molar-refractivity contribution in [1.82, 2.24) is 4.90 Å². The van der Waals surface area contributed by atoms with Crippen molar-refractivity contribution < 1.29 is 27.5 Å². The average Bonchev–Trinajstić information content (AvgIpc) is 2.52. The molecule has 0 aliphatic carbocycles. The van der Waals surface area contributed by atoms with Gasteiger partial charge in [-0.1, -0.05) is 12.1 Å². The highest BCUT2D eigenvalue weighted by Gasteiger charge is 2.34. The number of carbonyl (C=O) groups is 2. The molecule has 1 fully saturated rings. The summed E-state index contributed by atoms with van der Waals surface area (Å²) < 4.78 is 43.6. The average molecular weight is 330 g/mol. The first-order valence-electron chi connectivity index (χ1n) is 7.15. The highest BCUT2D eigenvalue weighted by Crippen LogP contribution is 2.35. The van der Waals surface area contributed by atoms with Crippen molar-refractivity contribution in [3.8, 4) is 5.75 Å². The summed E-state index contributed by atoms with van der Waals surface area (Å²) in [5.74, 6) is -1.76. The number of carbonyl (C=O) groups excluding carboxylic acids is 2. The van der Waals surface area contributed by atoms with Crippen molar-refractivity contribution in [3.05, 3.63) is 29.8 Å². The molecule has 1 heterocycles. The van der Waals surface area contributed by atoms with Crippen LogP contribution in [0.15, 0.2) is 24.3 Å². The maximum atomic E-state index is 12.8. The summed E-state index contributed by atoms with van der Waals surface area (Å²) in [6, 6.07) is 4.71. The smallest absolute Gasteiger partial charge is 0.419 e. The van der Waals surface area contributed by atoms with Gasteiger partial charge >= 0.3 is 6.18 Å². The molecule has 1 aromatic rings. The molecule has 0 saturated carbocycles. The van der Waals surface area contributed by atoms with Crippen LogP contribution in [0.4, 0.5) is 13.2 Å². The Morgan fingerprint density at radius 1 is 1.30 bits per heavy atom. The Kier molecular flexibility index (Phi) is 5.12. The topological polar surface area (TPSA) is 72.6 Å². The number of nitrogens with zero attached hydrogens (tertiary/aromatic N) is 1. The van der Waals surface area contributed by atoms with Gasteiger partial charge in [0.2, 0.25) is 5.91 Å². The number of hydrogen-bond donors (Lipinski definition) is 1. The van der Waals surface area contributed by atoms with Crippen molar-refractivity contribution in [2.75, 3.05) is 19.7 Å². The van der Waals surface area contributed by atoms with Gasteiger partial charge in [0, 0.05) is 13.1 Å². The van der Waals surface area contributed by atoms with Gasteiger partial charge in [0.05, 0.1) is 11.5 Å². The number of ether oxygens (including phenoxy) is 1. The molecule has 1 aromatic carbocycles. The van der Waals surface area contributed by atoms with Gasteiger partial charge in [-0.2, -0.15) is 13.2 Å². The van der Waals surface area contributed by atoms with Crippen LogP contribution in [0.25, 0.3) is 0 Å². The summed E-state index contributed by atoms with van der Waals surface area (Å²) in [5.41, 5.74) is 4.30. The third-order valence-electron chi connectivity index (χ3n) is 3.72. The highest BCUT2D eigenvalue weighted by atomic mass is 19.4. The van der Waals surface area contributed by atoms with Crippen molar-refractivity contribution in [3.63, 3.8) is 0 Å². The van der Waals surface area contributed by atoms with E-state index in [4.69, 9.17) is 10.5 Å². The second-order valence-corrected chi connectivity index (χ2v) is 5.36. The number of para-hydroxylation sites is 1. The minimum Gasteiger partial charge on any atom is -0.483 e. The van der Waals surface area contributed by atoms with E-state index >= 15 is 0 Å². The van der Waals surface area contributed by atoms with Gasteiger partial charge in [-0.3, -0.25) is 9.59 Å². The van der Waals surface area contributed by atoms with Crippen LogP contribution in [0.1, 0.15) is 18.4 Å². The lowest BCUT2D eigenvalue weighted by Gasteiger charge is -2.31. The second kappa shape index (κ2) is 6.89. The zero-order valence-electron chi connectivity index (χ0n) is 12.3. The molecular formula is C15H17F3N2O3. The van der Waals surface area contributed by atoms with E-state index in [9.17, 15) is 22.8 Å². The molecule has 2 N–H and O–H groups in total. The molecule has 2 rings (SSSR count). The van der Waals surface area contributed by atoms with Crippen LogP contribution in [0.2, 0.25) is 0 Å². The Bertz CT molecular complexity index is 590. The molecule has 0 radical (unpaired) electrons. The Morgan fingerprint density at radius 2 is 2.00 bits per heavy atom. The van der Waals surface area contributed by atoms with Gasteiger partial charge in [0.1, 0.15) is 5.75 Å². The van der Waals surface area contributed by atoms with Crippen molar-refractivity contribution >= 4 is 11.8 Å². The maximum absolute atomic E-state index is 12.8. The molecule has 1 aliphatic heterocycles. The first-order chi connectivity index (χ1) is 10.8. The number of nitrogens with two attached hydrogens (primary N) is 1. The number of halogens is 3. The fraction of sp³-hybridized carbons (Fsp3) is 0.467. The first kappa shape index (κ1) is 17.1. The molecule has 1 aliphatic rings. The highest BCUT2D eigenvalue weighted by molar-refractivity contribution is 5.81. The summed E-state index contributed by atoms with van der Waals surface area (Å²) in [5, 5.41) is 0. The molecule has 126 valence electrons. The zero-order chi connectivity index (χ0) is 17.0. The van der Waals surface area contributed by atoms with Crippen LogP contribution in [0.5, 0.6) is 5.75 Å². The standard InChI is InChI=1S/C15H17F3N2O3/c16-15(17,18)11-5-1-2-6-12(11)23-9-13(21)20-7-3-4-10(8-20)14(19)22/h1-2,5-6,10H,3-4,7-9H2,(H2,19,22). The largest absolute Gasteiger partial charge is 0.483 e. The summed E-state index contributed by atoms with van der Waals surface area (Å²) in [4.78, 5) is 24.7. The number of piperidine rings is 1. The lowest BCUT2D eigenvalue weighted by Crippen LogP contribution is -2.45. The van der Waals surface area contributed by atoms with Crippen LogP contribution < -0.4 is 10.5 Å². The lowest BCUT2D eigenvalue weighted by molar-refractivity contribution is -0.142. The summed E-state index contributed by atoms with van der Waals surface area (Å²) in [6.45, 7) is 0.101. The summed E-state index contributed by atoms with van der Waals surface area (Å²) in [7, 11) is 0. The Hall–Kier alpha value is -2.25. The van der Waals surface area contributed by atoms with Gasteiger partial charge in [-0.15, -0.1) is 0 Å². The number of benzene rings is 1. The van der Waals surface area contributed by atoms with E-state index in [0.29, 0.717) is 19.4 Å². The maximum Gasteiger partial charge on any atom is 0.419 e. The molecular weight excluding hydrogens is 313 g/mol. The van der Waals surface area contributed by atoms with E-state index in [1.807, 2.05) is 0 Å². The molecule has 23 heavy (non-hydrogen) atoms.